The molecule has 0 aromatic carbocycles. The average Bonchev–Trinajstić information content (AvgIpc) is 2.83. The van der Waals surface area contributed by atoms with Crippen molar-refractivity contribution >= 4 is 5.91 Å². The topological polar surface area (TPSA) is 71.3 Å². The lowest BCUT2D eigenvalue weighted by atomic mass is 9.96. The third-order valence-corrected chi connectivity index (χ3v) is 3.41. The quantitative estimate of drug-likeness (QED) is 0.795. The van der Waals surface area contributed by atoms with Crippen LogP contribution in [-0.4, -0.2) is 47.6 Å². The predicted molar refractivity (Wildman–Crippen MR) is 91.3 cm³/mol. The van der Waals surface area contributed by atoms with Gasteiger partial charge in [-0.15, -0.1) is 0 Å². The number of hydrogen-bond donors (Lipinski definition) is 1. The van der Waals surface area contributed by atoms with Crippen LogP contribution in [-0.2, 0) is 16.6 Å². The lowest BCUT2D eigenvalue weighted by Gasteiger charge is -2.23. The van der Waals surface area contributed by atoms with Crippen molar-refractivity contribution < 1.29 is 9.32 Å². The molecule has 1 aromatic rings. The Bertz CT molecular complexity index is 479. The summed E-state index contributed by atoms with van der Waals surface area (Å²) < 4.78 is 5.23. The zero-order valence-corrected chi connectivity index (χ0v) is 15.6. The highest BCUT2D eigenvalue weighted by molar-refractivity contribution is 5.76. The molecular formula is C17H32N4O2. The summed E-state index contributed by atoms with van der Waals surface area (Å²) in [4.78, 5) is 18.6. The summed E-state index contributed by atoms with van der Waals surface area (Å²) in [7, 11) is 4.04. The highest BCUT2D eigenvalue weighted by Gasteiger charge is 2.21. The fraction of sp³-hybridized carbons (Fsp3) is 0.824. The molecule has 1 aromatic heterocycles. The minimum absolute atomic E-state index is 0.0352. The van der Waals surface area contributed by atoms with Crippen LogP contribution in [0.15, 0.2) is 4.52 Å². The van der Waals surface area contributed by atoms with Gasteiger partial charge >= 0.3 is 0 Å². The second-order valence-corrected chi connectivity index (χ2v) is 7.92. The number of carbonyl (C=O) groups is 1. The predicted octanol–water partition coefficient (Wildman–Crippen LogP) is 2.39. The summed E-state index contributed by atoms with van der Waals surface area (Å²) in [6.45, 7) is 11.3. The van der Waals surface area contributed by atoms with E-state index in [0.717, 1.165) is 13.0 Å². The van der Waals surface area contributed by atoms with Crippen LogP contribution in [0.1, 0.15) is 59.2 Å². The Morgan fingerprint density at radius 2 is 1.96 bits per heavy atom. The van der Waals surface area contributed by atoms with Gasteiger partial charge in [0.25, 0.3) is 0 Å². The SMILES string of the molecule is CC(C)CC(CN(C)C)NC(=O)CCc1nc(C(C)(C)C)no1. The number of carbonyl (C=O) groups excluding carboxylic acids is 1. The van der Waals surface area contributed by atoms with Crippen molar-refractivity contribution in [2.75, 3.05) is 20.6 Å². The third kappa shape index (κ3) is 7.59. The number of likely N-dealkylation sites (N-methyl/N-ethyl adjacent to an activating group) is 1. The Morgan fingerprint density at radius 1 is 1.30 bits per heavy atom. The molecule has 0 aliphatic carbocycles. The summed E-state index contributed by atoms with van der Waals surface area (Å²) in [6, 6.07) is 0.172. The smallest absolute Gasteiger partial charge is 0.227 e. The van der Waals surface area contributed by atoms with Gasteiger partial charge in [-0.3, -0.25) is 4.79 Å². The van der Waals surface area contributed by atoms with Crippen LogP contribution in [0.3, 0.4) is 0 Å². The Balaban J connectivity index is 2.50. The van der Waals surface area contributed by atoms with E-state index >= 15 is 0 Å². The van der Waals surface area contributed by atoms with Gasteiger partial charge in [-0.05, 0) is 26.4 Å². The first-order chi connectivity index (χ1) is 10.6. The largest absolute Gasteiger partial charge is 0.352 e. The van der Waals surface area contributed by atoms with Crippen LogP contribution in [0.4, 0.5) is 0 Å². The molecule has 0 aliphatic heterocycles. The number of aromatic nitrogens is 2. The van der Waals surface area contributed by atoms with Gasteiger partial charge in [0.15, 0.2) is 5.82 Å². The van der Waals surface area contributed by atoms with E-state index in [1.165, 1.54) is 0 Å². The first-order valence-electron chi connectivity index (χ1n) is 8.35. The maximum atomic E-state index is 12.2. The third-order valence-electron chi connectivity index (χ3n) is 3.41. The molecule has 6 nitrogen and oxygen atoms in total. The zero-order valence-electron chi connectivity index (χ0n) is 15.6. The fourth-order valence-corrected chi connectivity index (χ4v) is 2.37. The standard InChI is InChI=1S/C17H32N4O2/c1-12(2)10-13(11-21(6)7)18-14(22)8-9-15-19-16(20-23-15)17(3,4)5/h12-13H,8-11H2,1-7H3,(H,18,22). The van der Waals surface area contributed by atoms with Gasteiger partial charge in [0, 0.05) is 30.8 Å². The van der Waals surface area contributed by atoms with Gasteiger partial charge in [-0.1, -0.05) is 39.8 Å². The van der Waals surface area contributed by atoms with Crippen molar-refractivity contribution in [2.45, 2.75) is 65.3 Å². The van der Waals surface area contributed by atoms with Crippen molar-refractivity contribution in [3.05, 3.63) is 11.7 Å². The van der Waals surface area contributed by atoms with Crippen LogP contribution < -0.4 is 5.32 Å². The number of rotatable bonds is 8. The highest BCUT2D eigenvalue weighted by atomic mass is 16.5. The van der Waals surface area contributed by atoms with Crippen molar-refractivity contribution in [1.29, 1.82) is 0 Å². The lowest BCUT2D eigenvalue weighted by molar-refractivity contribution is -0.122. The zero-order chi connectivity index (χ0) is 17.6. The number of hydrogen-bond acceptors (Lipinski definition) is 5. The monoisotopic (exact) mass is 324 g/mol. The van der Waals surface area contributed by atoms with Crippen molar-refractivity contribution in [2.24, 2.45) is 5.92 Å². The Kier molecular flexibility index (Phi) is 7.19. The van der Waals surface area contributed by atoms with Crippen molar-refractivity contribution in [1.82, 2.24) is 20.4 Å². The number of nitrogens with zero attached hydrogens (tertiary/aromatic N) is 3. The van der Waals surface area contributed by atoms with E-state index in [2.05, 4.69) is 34.2 Å². The number of aryl methyl sites for hydroxylation is 1. The van der Waals surface area contributed by atoms with Gasteiger partial charge in [-0.2, -0.15) is 4.98 Å². The van der Waals surface area contributed by atoms with E-state index in [4.69, 9.17) is 4.52 Å². The molecule has 132 valence electrons. The number of nitrogens with one attached hydrogen (secondary N) is 1. The molecule has 0 saturated carbocycles. The van der Waals surface area contributed by atoms with Gasteiger partial charge in [-0.25, -0.2) is 0 Å². The molecule has 23 heavy (non-hydrogen) atoms. The number of amides is 1. The molecule has 0 aliphatic rings. The molecular weight excluding hydrogens is 292 g/mol. The Labute approximate surface area is 140 Å². The summed E-state index contributed by atoms with van der Waals surface area (Å²) in [6.07, 6.45) is 1.82. The molecule has 6 heteroatoms. The lowest BCUT2D eigenvalue weighted by Crippen LogP contribution is -2.42. The molecule has 1 atom stereocenters. The molecule has 1 rings (SSSR count). The summed E-state index contributed by atoms with van der Waals surface area (Å²) in [5, 5.41) is 7.10. The molecule has 0 fully saturated rings. The van der Waals surface area contributed by atoms with Crippen LogP contribution >= 0.6 is 0 Å². The van der Waals surface area contributed by atoms with E-state index in [1.807, 2.05) is 34.9 Å². The second kappa shape index (κ2) is 8.43. The molecule has 1 heterocycles. The maximum absolute atomic E-state index is 12.2. The van der Waals surface area contributed by atoms with Crippen LogP contribution in [0.2, 0.25) is 0 Å². The normalized spacial score (nSPS) is 13.6. The van der Waals surface area contributed by atoms with E-state index in [-0.39, 0.29) is 17.4 Å². The first kappa shape index (κ1) is 19.6. The van der Waals surface area contributed by atoms with Gasteiger partial charge in [0.2, 0.25) is 11.8 Å². The van der Waals surface area contributed by atoms with E-state index < -0.39 is 0 Å². The van der Waals surface area contributed by atoms with Crippen LogP contribution in [0.25, 0.3) is 0 Å². The summed E-state index contributed by atoms with van der Waals surface area (Å²) >= 11 is 0. The van der Waals surface area contributed by atoms with E-state index in [9.17, 15) is 4.79 Å². The van der Waals surface area contributed by atoms with E-state index in [0.29, 0.717) is 30.5 Å². The summed E-state index contributed by atoms with van der Waals surface area (Å²) in [5.74, 6) is 1.79. The first-order valence-corrected chi connectivity index (χ1v) is 8.35. The average molecular weight is 324 g/mol. The fourth-order valence-electron chi connectivity index (χ4n) is 2.37. The maximum Gasteiger partial charge on any atom is 0.227 e. The summed E-state index contributed by atoms with van der Waals surface area (Å²) in [5.41, 5.74) is -0.141. The van der Waals surface area contributed by atoms with Crippen LogP contribution in [0, 0.1) is 5.92 Å². The molecule has 0 bridgehead atoms. The molecule has 0 radical (unpaired) electrons. The van der Waals surface area contributed by atoms with Crippen molar-refractivity contribution in [3.8, 4) is 0 Å². The Hall–Kier alpha value is -1.43. The minimum Gasteiger partial charge on any atom is -0.352 e. The van der Waals surface area contributed by atoms with Gasteiger partial charge in [0.05, 0.1) is 0 Å². The van der Waals surface area contributed by atoms with Gasteiger partial charge in [0.1, 0.15) is 0 Å². The molecule has 0 spiro atoms. The van der Waals surface area contributed by atoms with Gasteiger partial charge < -0.3 is 14.7 Å². The van der Waals surface area contributed by atoms with Crippen molar-refractivity contribution in [3.63, 3.8) is 0 Å². The molecule has 0 saturated heterocycles. The Morgan fingerprint density at radius 3 is 2.43 bits per heavy atom. The molecule has 1 unspecified atom stereocenters. The van der Waals surface area contributed by atoms with E-state index in [1.54, 1.807) is 0 Å². The minimum atomic E-state index is -0.141. The second-order valence-electron chi connectivity index (χ2n) is 7.92. The molecule has 1 amide bonds. The highest BCUT2D eigenvalue weighted by Crippen LogP contribution is 2.18. The molecule has 1 N–H and O–H groups in total. The van der Waals surface area contributed by atoms with Crippen LogP contribution in [0.5, 0.6) is 0 Å².